The van der Waals surface area contributed by atoms with E-state index < -0.39 is 19.7 Å². The lowest BCUT2D eigenvalue weighted by molar-refractivity contribution is -0.145. The summed E-state index contributed by atoms with van der Waals surface area (Å²) < 4.78 is 0.570. The molecule has 0 aliphatic rings. The topological polar surface area (TPSA) is 26.3 Å². The van der Waals surface area contributed by atoms with Gasteiger partial charge in [0, 0.05) is 6.92 Å². The summed E-state index contributed by atoms with van der Waals surface area (Å²) in [4.78, 5) is 10.6. The molecule has 0 aromatic rings. The molecule has 13 heavy (non-hydrogen) atoms. The number of halogens is 6. The summed E-state index contributed by atoms with van der Waals surface area (Å²) in [6.07, 6.45) is -1.45. The molecule has 0 amide bonds. The number of hydrogen-bond acceptors (Lipinski definition) is 2. The van der Waals surface area contributed by atoms with Gasteiger partial charge in [0.1, 0.15) is 0 Å². The van der Waals surface area contributed by atoms with Crippen LogP contribution in [-0.4, -0.2) is 19.7 Å². The van der Waals surface area contributed by atoms with E-state index in [0.29, 0.717) is 0 Å². The van der Waals surface area contributed by atoms with Gasteiger partial charge in [-0.15, -0.1) is 0 Å². The molecular formula is C5H4Cl6O2. The number of rotatable bonds is 1. The molecule has 0 heterocycles. The number of ether oxygens (including phenoxy) is 1. The van der Waals surface area contributed by atoms with E-state index in [2.05, 4.69) is 4.74 Å². The molecule has 8 heteroatoms. The zero-order valence-electron chi connectivity index (χ0n) is 6.16. The highest BCUT2D eigenvalue weighted by molar-refractivity contribution is 6.73. The maximum atomic E-state index is 10.6. The van der Waals surface area contributed by atoms with Crippen LogP contribution in [0.2, 0.25) is 0 Å². The summed E-state index contributed by atoms with van der Waals surface area (Å²) in [5, 5.41) is 0. The fourth-order valence-electron chi connectivity index (χ4n) is 0.485. The van der Waals surface area contributed by atoms with Gasteiger partial charge in [-0.2, -0.15) is 0 Å². The fraction of sp³-hybridized carbons (Fsp3) is 0.800. The van der Waals surface area contributed by atoms with E-state index in [1.165, 1.54) is 0 Å². The Labute approximate surface area is 105 Å². The van der Waals surface area contributed by atoms with Crippen LogP contribution in [0.3, 0.4) is 0 Å². The Morgan fingerprint density at radius 2 is 1.38 bits per heavy atom. The monoisotopic (exact) mass is 306 g/mol. The van der Waals surface area contributed by atoms with Crippen LogP contribution in [0.25, 0.3) is 0 Å². The third-order valence-electron chi connectivity index (χ3n) is 0.878. The molecule has 0 atom stereocenters. The van der Waals surface area contributed by atoms with Crippen molar-refractivity contribution in [3.63, 3.8) is 0 Å². The maximum Gasteiger partial charge on any atom is 0.303 e. The summed E-state index contributed by atoms with van der Waals surface area (Å²) in [6.45, 7) is 1.11. The molecule has 0 aromatic heterocycles. The molecule has 0 fully saturated rings. The first-order valence-corrected chi connectivity index (χ1v) is 5.12. The van der Waals surface area contributed by atoms with E-state index in [1.807, 2.05) is 0 Å². The molecule has 0 aromatic carbocycles. The highest BCUT2D eigenvalue weighted by Gasteiger charge is 2.49. The van der Waals surface area contributed by atoms with Crippen LogP contribution in [0.1, 0.15) is 6.92 Å². The molecule has 0 radical (unpaired) electrons. The average molecular weight is 309 g/mol. The number of esters is 1. The SMILES string of the molecule is CC(=O)OC(C(Cl)(Cl)Cl)C(Cl)(Cl)Cl. The van der Waals surface area contributed by atoms with Gasteiger partial charge >= 0.3 is 5.97 Å². The summed E-state index contributed by atoms with van der Waals surface area (Å²) >= 11 is 32.6. The van der Waals surface area contributed by atoms with Crippen LogP contribution >= 0.6 is 69.6 Å². The molecule has 0 spiro atoms. The van der Waals surface area contributed by atoms with Crippen molar-refractivity contribution in [3.8, 4) is 0 Å². The van der Waals surface area contributed by atoms with E-state index >= 15 is 0 Å². The molecular weight excluding hydrogens is 305 g/mol. The third-order valence-corrected chi connectivity index (χ3v) is 2.07. The molecule has 0 saturated heterocycles. The smallest absolute Gasteiger partial charge is 0.303 e. The van der Waals surface area contributed by atoms with E-state index in [9.17, 15) is 4.79 Å². The molecule has 2 nitrogen and oxygen atoms in total. The number of carbonyl (C=O) groups excluding carboxylic acids is 1. The van der Waals surface area contributed by atoms with Crippen molar-refractivity contribution >= 4 is 75.6 Å². The van der Waals surface area contributed by atoms with Crippen molar-refractivity contribution < 1.29 is 9.53 Å². The Morgan fingerprint density at radius 1 is 1.08 bits per heavy atom. The van der Waals surface area contributed by atoms with Crippen LogP contribution in [0.15, 0.2) is 0 Å². The van der Waals surface area contributed by atoms with Crippen molar-refractivity contribution in [2.24, 2.45) is 0 Å². The number of alkyl halides is 6. The molecule has 0 N–H and O–H groups in total. The van der Waals surface area contributed by atoms with Gasteiger partial charge < -0.3 is 4.74 Å². The fourth-order valence-corrected chi connectivity index (χ4v) is 2.24. The van der Waals surface area contributed by atoms with Crippen LogP contribution in [0, 0.1) is 0 Å². The zero-order chi connectivity index (χ0) is 10.9. The van der Waals surface area contributed by atoms with Gasteiger partial charge in [0.2, 0.25) is 7.59 Å². The molecule has 0 bridgehead atoms. The Bertz CT molecular complexity index is 178. The Kier molecular flexibility index (Phi) is 5.27. The van der Waals surface area contributed by atoms with Crippen LogP contribution < -0.4 is 0 Å². The van der Waals surface area contributed by atoms with Gasteiger partial charge in [0.05, 0.1) is 0 Å². The van der Waals surface area contributed by atoms with Crippen molar-refractivity contribution in [1.82, 2.24) is 0 Å². The predicted octanol–water partition coefficient (Wildman–Crippen LogP) is 3.66. The lowest BCUT2D eigenvalue weighted by Crippen LogP contribution is -2.41. The number of hydrogen-bond donors (Lipinski definition) is 0. The van der Waals surface area contributed by atoms with E-state index in [1.54, 1.807) is 0 Å². The van der Waals surface area contributed by atoms with Gasteiger partial charge in [-0.3, -0.25) is 4.79 Å². The molecule has 0 unspecified atom stereocenters. The van der Waals surface area contributed by atoms with Crippen LogP contribution in [0.4, 0.5) is 0 Å². The second-order valence-corrected chi connectivity index (χ2v) is 6.81. The molecule has 0 aliphatic heterocycles. The minimum Gasteiger partial charge on any atom is -0.453 e. The van der Waals surface area contributed by atoms with Crippen molar-refractivity contribution in [1.29, 1.82) is 0 Å². The Morgan fingerprint density at radius 3 is 1.46 bits per heavy atom. The second-order valence-electron chi connectivity index (χ2n) is 2.07. The average Bonchev–Trinajstić information content (AvgIpc) is 1.77. The standard InChI is InChI=1S/C5H4Cl6O2/c1-2(12)13-3(4(6,7)8)5(9,10)11/h3H,1H3. The second kappa shape index (κ2) is 4.82. The minimum atomic E-state index is -1.99. The van der Waals surface area contributed by atoms with Gasteiger partial charge in [-0.1, -0.05) is 69.6 Å². The first-order chi connectivity index (χ1) is 5.55. The van der Waals surface area contributed by atoms with Crippen molar-refractivity contribution in [3.05, 3.63) is 0 Å². The van der Waals surface area contributed by atoms with Gasteiger partial charge in [-0.25, -0.2) is 0 Å². The van der Waals surface area contributed by atoms with Gasteiger partial charge in [0.25, 0.3) is 0 Å². The third kappa shape index (κ3) is 5.60. The van der Waals surface area contributed by atoms with Crippen LogP contribution in [-0.2, 0) is 9.53 Å². The lowest BCUT2D eigenvalue weighted by Gasteiger charge is -2.29. The lowest BCUT2D eigenvalue weighted by atomic mass is 10.4. The van der Waals surface area contributed by atoms with Gasteiger partial charge in [0.15, 0.2) is 6.10 Å². The highest BCUT2D eigenvalue weighted by atomic mass is 35.6. The largest absolute Gasteiger partial charge is 0.453 e. The van der Waals surface area contributed by atoms with Crippen molar-refractivity contribution in [2.45, 2.75) is 20.6 Å². The molecule has 0 aliphatic carbocycles. The molecule has 0 rings (SSSR count). The normalized spacial score (nSPS) is 13.2. The van der Waals surface area contributed by atoms with E-state index in [-0.39, 0.29) is 0 Å². The summed E-state index contributed by atoms with van der Waals surface area (Å²) in [5.41, 5.74) is 0. The van der Waals surface area contributed by atoms with Crippen LogP contribution in [0.5, 0.6) is 0 Å². The quantitative estimate of drug-likeness (QED) is 0.546. The van der Waals surface area contributed by atoms with Gasteiger partial charge in [-0.05, 0) is 0 Å². The number of carbonyl (C=O) groups is 1. The Hall–Kier alpha value is 1.21. The molecule has 0 saturated carbocycles. The van der Waals surface area contributed by atoms with E-state index in [4.69, 9.17) is 69.6 Å². The highest BCUT2D eigenvalue weighted by Crippen LogP contribution is 2.45. The minimum absolute atomic E-state index is 0.706. The zero-order valence-corrected chi connectivity index (χ0v) is 10.7. The summed E-state index contributed by atoms with van der Waals surface area (Å²) in [5.74, 6) is -0.706. The summed E-state index contributed by atoms with van der Waals surface area (Å²) in [7, 11) is 0. The summed E-state index contributed by atoms with van der Waals surface area (Å²) in [6, 6.07) is 0. The maximum absolute atomic E-state index is 10.6. The first kappa shape index (κ1) is 14.2. The molecule has 78 valence electrons. The van der Waals surface area contributed by atoms with E-state index in [0.717, 1.165) is 6.92 Å². The van der Waals surface area contributed by atoms with Crippen molar-refractivity contribution in [2.75, 3.05) is 0 Å². The first-order valence-electron chi connectivity index (χ1n) is 2.86. The predicted molar refractivity (Wildman–Crippen MR) is 56.1 cm³/mol. The Balaban J connectivity index is 4.68.